The summed E-state index contributed by atoms with van der Waals surface area (Å²) in [5.41, 5.74) is 6.14. The Balaban J connectivity index is 1.92. The molecule has 2 aliphatic rings. The second-order valence-corrected chi connectivity index (χ2v) is 7.65. The molecule has 1 aromatic rings. The lowest BCUT2D eigenvalue weighted by Gasteiger charge is -2.18. The molecular weight excluding hydrogens is 279 g/mol. The Kier molecular flexibility index (Phi) is 3.56. The summed E-state index contributed by atoms with van der Waals surface area (Å²) >= 11 is 0. The van der Waals surface area contributed by atoms with Crippen molar-refractivity contribution in [2.75, 3.05) is 13.1 Å². The topological polar surface area (TPSA) is 63.4 Å². The third-order valence-electron chi connectivity index (χ3n) is 4.54. The van der Waals surface area contributed by atoms with Crippen LogP contribution < -0.4 is 5.73 Å². The summed E-state index contributed by atoms with van der Waals surface area (Å²) in [5, 5.41) is 0. The lowest BCUT2D eigenvalue weighted by Crippen LogP contribution is -2.30. The Bertz CT molecular complexity index is 606. The highest BCUT2D eigenvalue weighted by atomic mass is 32.2. The lowest BCUT2D eigenvalue weighted by atomic mass is 10.0. The first-order chi connectivity index (χ1) is 9.52. The average molecular weight is 298 g/mol. The van der Waals surface area contributed by atoms with E-state index < -0.39 is 15.8 Å². The standard InChI is InChI=1S/C14H19FN2O2S/c15-13-5-4-10(7-16)6-14(13)20(18,19)17-8-11-2-1-3-12(11)9-17/h4-6,11-12H,1-3,7-9,16H2. The number of nitrogens with two attached hydrogens (primary N) is 1. The molecule has 1 aromatic carbocycles. The van der Waals surface area contributed by atoms with Gasteiger partial charge in [-0.2, -0.15) is 4.31 Å². The van der Waals surface area contributed by atoms with Crippen molar-refractivity contribution in [3.63, 3.8) is 0 Å². The zero-order chi connectivity index (χ0) is 14.3. The number of hydrogen-bond donors (Lipinski definition) is 1. The molecule has 1 saturated heterocycles. The van der Waals surface area contributed by atoms with Gasteiger partial charge in [0.1, 0.15) is 10.7 Å². The van der Waals surface area contributed by atoms with E-state index in [1.807, 2.05) is 0 Å². The van der Waals surface area contributed by atoms with Crippen LogP contribution in [0.25, 0.3) is 0 Å². The Hall–Kier alpha value is -0.980. The molecule has 2 fully saturated rings. The van der Waals surface area contributed by atoms with E-state index in [0.29, 0.717) is 30.5 Å². The summed E-state index contributed by atoms with van der Waals surface area (Å²) in [7, 11) is -3.74. The average Bonchev–Trinajstić information content (AvgIpc) is 3.00. The van der Waals surface area contributed by atoms with E-state index in [9.17, 15) is 12.8 Å². The van der Waals surface area contributed by atoms with Crippen LogP contribution in [-0.2, 0) is 16.6 Å². The summed E-state index contributed by atoms with van der Waals surface area (Å²) in [6.45, 7) is 1.26. The fourth-order valence-corrected chi connectivity index (χ4v) is 5.07. The minimum atomic E-state index is -3.74. The van der Waals surface area contributed by atoms with E-state index in [4.69, 9.17) is 5.73 Å². The van der Waals surface area contributed by atoms with E-state index in [2.05, 4.69) is 0 Å². The fourth-order valence-electron chi connectivity index (χ4n) is 3.40. The molecule has 1 aliphatic carbocycles. The zero-order valence-electron chi connectivity index (χ0n) is 11.3. The predicted octanol–water partition coefficient (Wildman–Crippen LogP) is 1.71. The molecule has 2 unspecified atom stereocenters. The zero-order valence-corrected chi connectivity index (χ0v) is 12.1. The molecule has 4 nitrogen and oxygen atoms in total. The van der Waals surface area contributed by atoms with Crippen LogP contribution in [0.2, 0.25) is 0 Å². The molecule has 2 N–H and O–H groups in total. The van der Waals surface area contributed by atoms with E-state index in [-0.39, 0.29) is 11.4 Å². The van der Waals surface area contributed by atoms with Crippen molar-refractivity contribution in [2.24, 2.45) is 17.6 Å². The SMILES string of the molecule is NCc1ccc(F)c(S(=O)(=O)N2CC3CCCC3C2)c1. The molecule has 0 bridgehead atoms. The molecule has 1 heterocycles. The molecule has 20 heavy (non-hydrogen) atoms. The number of fused-ring (bicyclic) bond motifs is 1. The third-order valence-corrected chi connectivity index (χ3v) is 6.39. The summed E-state index contributed by atoms with van der Waals surface area (Å²) in [6.07, 6.45) is 3.35. The van der Waals surface area contributed by atoms with Crippen molar-refractivity contribution in [2.45, 2.75) is 30.7 Å². The van der Waals surface area contributed by atoms with Gasteiger partial charge in [0.05, 0.1) is 0 Å². The second kappa shape index (κ2) is 5.09. The van der Waals surface area contributed by atoms with Crippen LogP contribution in [0.4, 0.5) is 4.39 Å². The minimum Gasteiger partial charge on any atom is -0.326 e. The van der Waals surface area contributed by atoms with Gasteiger partial charge in [-0.25, -0.2) is 12.8 Å². The number of nitrogens with zero attached hydrogens (tertiary/aromatic N) is 1. The molecule has 2 atom stereocenters. The van der Waals surface area contributed by atoms with Gasteiger partial charge in [0.25, 0.3) is 0 Å². The summed E-state index contributed by atoms with van der Waals surface area (Å²) < 4.78 is 40.5. The summed E-state index contributed by atoms with van der Waals surface area (Å²) in [6, 6.07) is 4.07. The molecule has 110 valence electrons. The van der Waals surface area contributed by atoms with Crippen LogP contribution in [0, 0.1) is 17.7 Å². The predicted molar refractivity (Wildman–Crippen MR) is 73.9 cm³/mol. The molecule has 1 saturated carbocycles. The molecule has 0 aromatic heterocycles. The van der Waals surface area contributed by atoms with E-state index >= 15 is 0 Å². The maximum Gasteiger partial charge on any atom is 0.246 e. The smallest absolute Gasteiger partial charge is 0.246 e. The van der Waals surface area contributed by atoms with Gasteiger partial charge in [0, 0.05) is 19.6 Å². The molecule has 6 heteroatoms. The highest BCUT2D eigenvalue weighted by molar-refractivity contribution is 7.89. The van der Waals surface area contributed by atoms with Crippen molar-refractivity contribution in [1.82, 2.24) is 4.31 Å². The Labute approximate surface area is 118 Å². The molecule has 3 rings (SSSR count). The van der Waals surface area contributed by atoms with Gasteiger partial charge in [-0.15, -0.1) is 0 Å². The summed E-state index contributed by atoms with van der Waals surface area (Å²) in [5.74, 6) is 0.204. The van der Waals surface area contributed by atoms with Crippen LogP contribution in [0.1, 0.15) is 24.8 Å². The highest BCUT2D eigenvalue weighted by Crippen LogP contribution is 2.40. The molecule has 0 radical (unpaired) electrons. The van der Waals surface area contributed by atoms with E-state index in [0.717, 1.165) is 12.8 Å². The monoisotopic (exact) mass is 298 g/mol. The Morgan fingerprint density at radius 3 is 2.50 bits per heavy atom. The first kappa shape index (κ1) is 14.0. The van der Waals surface area contributed by atoms with Crippen LogP contribution in [0.15, 0.2) is 23.1 Å². The van der Waals surface area contributed by atoms with Crippen molar-refractivity contribution < 1.29 is 12.8 Å². The van der Waals surface area contributed by atoms with Crippen molar-refractivity contribution >= 4 is 10.0 Å². The number of benzene rings is 1. The van der Waals surface area contributed by atoms with Crippen molar-refractivity contribution in [1.29, 1.82) is 0 Å². The number of halogens is 1. The summed E-state index contributed by atoms with van der Waals surface area (Å²) in [4.78, 5) is -0.236. The van der Waals surface area contributed by atoms with Crippen LogP contribution in [-0.4, -0.2) is 25.8 Å². The highest BCUT2D eigenvalue weighted by Gasteiger charge is 2.42. The normalized spacial score (nSPS) is 26.9. The first-order valence-corrected chi connectivity index (χ1v) is 8.45. The van der Waals surface area contributed by atoms with Gasteiger partial charge in [-0.05, 0) is 42.4 Å². The fraction of sp³-hybridized carbons (Fsp3) is 0.571. The quantitative estimate of drug-likeness (QED) is 0.924. The van der Waals surface area contributed by atoms with E-state index in [1.165, 1.54) is 28.9 Å². The molecular formula is C14H19FN2O2S. The van der Waals surface area contributed by atoms with Crippen LogP contribution in [0.3, 0.4) is 0 Å². The number of sulfonamides is 1. The van der Waals surface area contributed by atoms with Gasteiger partial charge < -0.3 is 5.73 Å². The largest absolute Gasteiger partial charge is 0.326 e. The Morgan fingerprint density at radius 2 is 1.90 bits per heavy atom. The van der Waals surface area contributed by atoms with Gasteiger partial charge in [0.2, 0.25) is 10.0 Å². The van der Waals surface area contributed by atoms with Gasteiger partial charge >= 0.3 is 0 Å². The number of hydrogen-bond acceptors (Lipinski definition) is 3. The van der Waals surface area contributed by atoms with Crippen LogP contribution >= 0.6 is 0 Å². The molecule has 1 aliphatic heterocycles. The maximum absolute atomic E-state index is 13.9. The molecule has 0 amide bonds. The maximum atomic E-state index is 13.9. The van der Waals surface area contributed by atoms with Crippen molar-refractivity contribution in [3.05, 3.63) is 29.6 Å². The Morgan fingerprint density at radius 1 is 1.25 bits per heavy atom. The minimum absolute atomic E-state index is 0.202. The van der Waals surface area contributed by atoms with Gasteiger partial charge in [-0.3, -0.25) is 0 Å². The third kappa shape index (κ3) is 2.25. The lowest BCUT2D eigenvalue weighted by molar-refractivity contribution is 0.440. The van der Waals surface area contributed by atoms with Crippen LogP contribution in [0.5, 0.6) is 0 Å². The van der Waals surface area contributed by atoms with Gasteiger partial charge in [0.15, 0.2) is 0 Å². The second-order valence-electron chi connectivity index (χ2n) is 5.74. The first-order valence-electron chi connectivity index (χ1n) is 7.01. The number of rotatable bonds is 3. The van der Waals surface area contributed by atoms with E-state index in [1.54, 1.807) is 0 Å². The molecule has 0 spiro atoms. The van der Waals surface area contributed by atoms with Gasteiger partial charge in [-0.1, -0.05) is 12.5 Å². The van der Waals surface area contributed by atoms with Crippen molar-refractivity contribution in [3.8, 4) is 0 Å².